The zero-order valence-electron chi connectivity index (χ0n) is 13.4. The Labute approximate surface area is 144 Å². The molecule has 0 saturated carbocycles. The molecule has 0 atom stereocenters. The highest BCUT2D eigenvalue weighted by Gasteiger charge is 2.16. The molecule has 24 heavy (non-hydrogen) atoms. The van der Waals surface area contributed by atoms with Gasteiger partial charge in [-0.1, -0.05) is 30.3 Å². The van der Waals surface area contributed by atoms with Crippen LogP contribution in [-0.4, -0.2) is 30.0 Å². The molecule has 0 bridgehead atoms. The minimum Gasteiger partial charge on any atom is -0.358 e. The molecule has 2 N–H and O–H groups in total. The first-order chi connectivity index (χ1) is 11.7. The topological polar surface area (TPSA) is 63.1 Å². The number of nitrogens with one attached hydrogen (secondary N) is 2. The molecule has 0 radical (unpaired) electrons. The molecule has 2 heterocycles. The molecule has 0 fully saturated rings. The molecule has 3 aromatic rings. The number of carbonyl (C=O) groups excluding carboxylic acids is 2. The number of aromatic nitrogens is 1. The van der Waals surface area contributed by atoms with Crippen LogP contribution in [0.2, 0.25) is 0 Å². The van der Waals surface area contributed by atoms with Crippen LogP contribution in [0.4, 0.5) is 0 Å². The van der Waals surface area contributed by atoms with Crippen LogP contribution in [0.15, 0.2) is 47.8 Å². The maximum Gasteiger partial charge on any atom is 0.268 e. The minimum absolute atomic E-state index is 0.0210. The fourth-order valence-electron chi connectivity index (χ4n) is 2.63. The summed E-state index contributed by atoms with van der Waals surface area (Å²) in [6.45, 7) is 0.694. The monoisotopic (exact) mass is 341 g/mol. The van der Waals surface area contributed by atoms with E-state index in [0.29, 0.717) is 12.2 Å². The van der Waals surface area contributed by atoms with Gasteiger partial charge in [-0.05, 0) is 29.5 Å². The molecule has 0 saturated heterocycles. The van der Waals surface area contributed by atoms with Crippen LogP contribution >= 0.6 is 11.3 Å². The van der Waals surface area contributed by atoms with Gasteiger partial charge in [0.1, 0.15) is 5.69 Å². The van der Waals surface area contributed by atoms with E-state index in [-0.39, 0.29) is 18.4 Å². The number of aryl methyl sites for hydroxylation is 2. The van der Waals surface area contributed by atoms with Crippen molar-refractivity contribution in [2.45, 2.75) is 13.0 Å². The van der Waals surface area contributed by atoms with Crippen molar-refractivity contribution in [2.24, 2.45) is 0 Å². The number of likely N-dealkylation sites (N-methyl/N-ethyl adjacent to an activating group) is 1. The maximum absolute atomic E-state index is 12.5. The maximum atomic E-state index is 12.5. The number of benzene rings is 1. The average Bonchev–Trinajstić information content (AvgIpc) is 3.20. The Morgan fingerprint density at radius 1 is 1.17 bits per heavy atom. The summed E-state index contributed by atoms with van der Waals surface area (Å²) in [5.74, 6) is -0.442. The molecule has 5 nitrogen and oxygen atoms in total. The summed E-state index contributed by atoms with van der Waals surface area (Å²) in [7, 11) is 1.55. The largest absolute Gasteiger partial charge is 0.358 e. The van der Waals surface area contributed by atoms with E-state index in [0.717, 1.165) is 16.6 Å². The summed E-state index contributed by atoms with van der Waals surface area (Å²) >= 11 is 1.61. The molecule has 2 aromatic heterocycles. The summed E-state index contributed by atoms with van der Waals surface area (Å²) in [5, 5.41) is 7.19. The van der Waals surface area contributed by atoms with Gasteiger partial charge in [0.25, 0.3) is 5.91 Å². The lowest BCUT2D eigenvalue weighted by Gasteiger charge is -2.10. The summed E-state index contributed by atoms with van der Waals surface area (Å²) in [6, 6.07) is 14.1. The molecule has 3 rings (SSSR count). The third-order valence-electron chi connectivity index (χ3n) is 3.91. The van der Waals surface area contributed by atoms with Crippen molar-refractivity contribution in [3.05, 3.63) is 59.1 Å². The predicted octanol–water partition coefficient (Wildman–Crippen LogP) is 2.42. The van der Waals surface area contributed by atoms with Crippen molar-refractivity contribution in [2.75, 3.05) is 13.6 Å². The number of hydrogen-bond acceptors (Lipinski definition) is 3. The highest BCUT2D eigenvalue weighted by atomic mass is 32.1. The van der Waals surface area contributed by atoms with Crippen LogP contribution < -0.4 is 10.6 Å². The van der Waals surface area contributed by atoms with E-state index in [2.05, 4.69) is 22.8 Å². The first kappa shape index (κ1) is 16.3. The minimum atomic E-state index is -0.227. The Morgan fingerprint density at radius 3 is 2.71 bits per heavy atom. The highest BCUT2D eigenvalue weighted by Crippen LogP contribution is 2.25. The Kier molecular flexibility index (Phi) is 4.96. The number of fused-ring (bicyclic) bond motifs is 1. The second-order valence-electron chi connectivity index (χ2n) is 5.44. The summed E-state index contributed by atoms with van der Waals surface area (Å²) in [5.41, 5.74) is 2.88. The molecule has 0 aliphatic carbocycles. The lowest BCUT2D eigenvalue weighted by atomic mass is 10.1. The molecule has 6 heteroatoms. The van der Waals surface area contributed by atoms with Gasteiger partial charge in [-0.15, -0.1) is 11.3 Å². The third kappa shape index (κ3) is 3.49. The van der Waals surface area contributed by atoms with Gasteiger partial charge >= 0.3 is 0 Å². The van der Waals surface area contributed by atoms with Crippen LogP contribution in [0.1, 0.15) is 16.1 Å². The normalized spacial score (nSPS) is 10.7. The fourth-order valence-corrected chi connectivity index (χ4v) is 3.45. The SMILES string of the molecule is CNC(=O)CNC(=O)c1cc2sccc2n1CCc1ccccc1. The molecule has 0 aliphatic rings. The van der Waals surface area contributed by atoms with Gasteiger partial charge in [0.15, 0.2) is 0 Å². The molecule has 0 aliphatic heterocycles. The van der Waals surface area contributed by atoms with Crippen LogP contribution in [-0.2, 0) is 17.8 Å². The number of amides is 2. The van der Waals surface area contributed by atoms with Gasteiger partial charge in [-0.2, -0.15) is 0 Å². The molecule has 2 amide bonds. The van der Waals surface area contributed by atoms with E-state index in [4.69, 9.17) is 0 Å². The lowest BCUT2D eigenvalue weighted by molar-refractivity contribution is -0.119. The second kappa shape index (κ2) is 7.31. The molecular formula is C18H19N3O2S. The Balaban J connectivity index is 1.81. The van der Waals surface area contributed by atoms with Crippen LogP contribution in [0, 0.1) is 0 Å². The number of carbonyl (C=O) groups is 2. The summed E-state index contributed by atoms with van der Waals surface area (Å²) < 4.78 is 3.10. The molecule has 0 unspecified atom stereocenters. The van der Waals surface area contributed by atoms with E-state index < -0.39 is 0 Å². The van der Waals surface area contributed by atoms with Gasteiger partial charge in [-0.3, -0.25) is 9.59 Å². The van der Waals surface area contributed by atoms with Crippen molar-refractivity contribution >= 4 is 33.4 Å². The Morgan fingerprint density at radius 2 is 1.96 bits per heavy atom. The quantitative estimate of drug-likeness (QED) is 0.723. The lowest BCUT2D eigenvalue weighted by Crippen LogP contribution is -2.36. The number of hydrogen-bond donors (Lipinski definition) is 2. The molecule has 0 spiro atoms. The predicted molar refractivity (Wildman–Crippen MR) is 96.4 cm³/mol. The standard InChI is InChI=1S/C18H19N3O2S/c1-19-17(22)12-20-18(23)15-11-16-14(8-10-24-16)21(15)9-7-13-5-3-2-4-6-13/h2-6,8,10-11H,7,9,12H2,1H3,(H,19,22)(H,20,23). The van der Waals surface area contributed by atoms with Crippen molar-refractivity contribution in [3.63, 3.8) is 0 Å². The molecule has 1 aromatic carbocycles. The van der Waals surface area contributed by atoms with Gasteiger partial charge in [0, 0.05) is 13.6 Å². The van der Waals surface area contributed by atoms with Gasteiger partial charge < -0.3 is 15.2 Å². The average molecular weight is 341 g/mol. The Hall–Kier alpha value is -2.60. The van der Waals surface area contributed by atoms with Gasteiger partial charge in [0.05, 0.1) is 16.8 Å². The summed E-state index contributed by atoms with van der Waals surface area (Å²) in [6.07, 6.45) is 0.843. The first-order valence-corrected chi connectivity index (χ1v) is 8.66. The smallest absolute Gasteiger partial charge is 0.268 e. The van der Waals surface area contributed by atoms with E-state index in [1.54, 1.807) is 18.4 Å². The number of rotatable bonds is 6. The van der Waals surface area contributed by atoms with Gasteiger partial charge in [0.2, 0.25) is 5.91 Å². The zero-order valence-corrected chi connectivity index (χ0v) is 14.2. The van der Waals surface area contributed by atoms with E-state index in [1.807, 2.05) is 40.3 Å². The van der Waals surface area contributed by atoms with E-state index in [1.165, 1.54) is 5.56 Å². The molecular weight excluding hydrogens is 322 g/mol. The van der Waals surface area contributed by atoms with Gasteiger partial charge in [-0.25, -0.2) is 0 Å². The van der Waals surface area contributed by atoms with Crippen molar-refractivity contribution in [3.8, 4) is 0 Å². The van der Waals surface area contributed by atoms with Crippen molar-refractivity contribution in [1.29, 1.82) is 0 Å². The summed E-state index contributed by atoms with van der Waals surface area (Å²) in [4.78, 5) is 23.8. The van der Waals surface area contributed by atoms with Crippen LogP contribution in [0.25, 0.3) is 10.2 Å². The van der Waals surface area contributed by atoms with E-state index >= 15 is 0 Å². The van der Waals surface area contributed by atoms with E-state index in [9.17, 15) is 9.59 Å². The second-order valence-corrected chi connectivity index (χ2v) is 6.39. The number of nitrogens with zero attached hydrogens (tertiary/aromatic N) is 1. The van der Waals surface area contributed by atoms with Crippen molar-refractivity contribution < 1.29 is 9.59 Å². The first-order valence-electron chi connectivity index (χ1n) is 7.78. The molecule has 124 valence electrons. The number of thiophene rings is 1. The Bertz CT molecular complexity index is 852. The highest BCUT2D eigenvalue weighted by molar-refractivity contribution is 7.17. The van der Waals surface area contributed by atoms with Crippen LogP contribution in [0.3, 0.4) is 0 Å². The third-order valence-corrected chi connectivity index (χ3v) is 4.76. The zero-order chi connectivity index (χ0) is 16.9. The van der Waals surface area contributed by atoms with Crippen molar-refractivity contribution in [1.82, 2.24) is 15.2 Å². The fraction of sp³-hybridized carbons (Fsp3) is 0.222. The van der Waals surface area contributed by atoms with Crippen LogP contribution in [0.5, 0.6) is 0 Å².